The maximum atomic E-state index is 11.7. The summed E-state index contributed by atoms with van der Waals surface area (Å²) in [6.45, 7) is 6.12. The topological polar surface area (TPSA) is 55.8 Å². The minimum Gasteiger partial charge on any atom is -0.466 e. The highest BCUT2D eigenvalue weighted by Crippen LogP contribution is 2.07. The molecule has 0 aromatic heterocycles. The Bertz CT molecular complexity index is 461. The smallest absolute Gasteiger partial charge is 0.320 e. The molecule has 128 valence electrons. The number of carbonyl (C=O) groups excluding carboxylic acids is 2. The molecule has 0 unspecified atom stereocenters. The lowest BCUT2D eigenvalue weighted by Gasteiger charge is -2.21. The van der Waals surface area contributed by atoms with Crippen LogP contribution in [-0.4, -0.2) is 43.1 Å². The van der Waals surface area contributed by atoms with Crippen molar-refractivity contribution in [1.29, 1.82) is 0 Å². The Morgan fingerprint density at radius 3 is 2.26 bits per heavy atom. The third-order valence-electron chi connectivity index (χ3n) is 3.32. The molecule has 0 aliphatic heterocycles. The predicted molar refractivity (Wildman–Crippen MR) is 88.8 cm³/mol. The van der Waals surface area contributed by atoms with E-state index < -0.39 is 0 Å². The molecule has 0 saturated heterocycles. The number of carbonyl (C=O) groups is 2. The van der Waals surface area contributed by atoms with Crippen LogP contribution in [-0.2, 0) is 25.6 Å². The van der Waals surface area contributed by atoms with Gasteiger partial charge in [0.25, 0.3) is 0 Å². The van der Waals surface area contributed by atoms with Crippen molar-refractivity contribution in [2.45, 2.75) is 39.7 Å². The summed E-state index contributed by atoms with van der Waals surface area (Å²) in [7, 11) is 0. The van der Waals surface area contributed by atoms with Gasteiger partial charge in [-0.1, -0.05) is 30.3 Å². The van der Waals surface area contributed by atoms with Gasteiger partial charge in [-0.3, -0.25) is 14.5 Å². The number of nitrogens with zero attached hydrogens (tertiary/aromatic N) is 1. The van der Waals surface area contributed by atoms with E-state index in [2.05, 4.69) is 4.90 Å². The van der Waals surface area contributed by atoms with E-state index in [1.807, 2.05) is 30.3 Å². The van der Waals surface area contributed by atoms with E-state index in [0.29, 0.717) is 26.2 Å². The summed E-state index contributed by atoms with van der Waals surface area (Å²) in [5, 5.41) is 0. The van der Waals surface area contributed by atoms with Crippen LogP contribution in [0.4, 0.5) is 0 Å². The van der Waals surface area contributed by atoms with Crippen LogP contribution in [0.25, 0.3) is 0 Å². The molecule has 0 spiro atoms. The Labute approximate surface area is 138 Å². The summed E-state index contributed by atoms with van der Waals surface area (Å²) in [6.07, 6.45) is 2.02. The molecule has 0 heterocycles. The summed E-state index contributed by atoms with van der Waals surface area (Å²) in [4.78, 5) is 25.1. The molecule has 1 rings (SSSR count). The van der Waals surface area contributed by atoms with Crippen molar-refractivity contribution < 1.29 is 19.1 Å². The minimum absolute atomic E-state index is 0.160. The second kappa shape index (κ2) is 11.7. The highest BCUT2D eigenvalue weighted by molar-refractivity contribution is 5.71. The Morgan fingerprint density at radius 1 is 0.957 bits per heavy atom. The van der Waals surface area contributed by atoms with Crippen LogP contribution in [0, 0.1) is 0 Å². The zero-order valence-electron chi connectivity index (χ0n) is 14.1. The molecule has 0 bridgehead atoms. The fraction of sp³-hybridized carbons (Fsp3) is 0.556. The molecule has 1 aromatic rings. The van der Waals surface area contributed by atoms with E-state index >= 15 is 0 Å². The van der Waals surface area contributed by atoms with Gasteiger partial charge in [-0.2, -0.15) is 0 Å². The third kappa shape index (κ3) is 8.98. The average molecular weight is 321 g/mol. The van der Waals surface area contributed by atoms with Crippen LogP contribution in [0.1, 0.15) is 38.7 Å². The number of rotatable bonds is 11. The number of unbranched alkanes of at least 4 members (excludes halogenated alkanes) is 1. The van der Waals surface area contributed by atoms with E-state index in [0.717, 1.165) is 24.9 Å². The summed E-state index contributed by atoms with van der Waals surface area (Å²) in [5.41, 5.74) is 1.15. The number of esters is 2. The van der Waals surface area contributed by atoms with Gasteiger partial charge in [-0.15, -0.1) is 0 Å². The van der Waals surface area contributed by atoms with Gasteiger partial charge in [0.15, 0.2) is 0 Å². The lowest BCUT2D eigenvalue weighted by molar-refractivity contribution is -0.145. The first kappa shape index (κ1) is 19.2. The van der Waals surface area contributed by atoms with Gasteiger partial charge >= 0.3 is 11.9 Å². The van der Waals surface area contributed by atoms with Gasteiger partial charge in [0.05, 0.1) is 19.8 Å². The Hall–Kier alpha value is -1.88. The number of hydrogen-bond acceptors (Lipinski definition) is 5. The van der Waals surface area contributed by atoms with Crippen LogP contribution in [0.15, 0.2) is 30.3 Å². The number of ether oxygens (including phenoxy) is 2. The lowest BCUT2D eigenvalue weighted by Crippen LogP contribution is -2.31. The quantitative estimate of drug-likeness (QED) is 0.463. The molecule has 0 radical (unpaired) electrons. The van der Waals surface area contributed by atoms with Gasteiger partial charge in [0, 0.05) is 13.0 Å². The zero-order valence-corrected chi connectivity index (χ0v) is 14.1. The highest BCUT2D eigenvalue weighted by atomic mass is 16.5. The summed E-state index contributed by atoms with van der Waals surface area (Å²) in [5.74, 6) is -0.374. The van der Waals surface area contributed by atoms with Crippen molar-refractivity contribution in [2.24, 2.45) is 0 Å². The molecule has 0 amide bonds. The van der Waals surface area contributed by atoms with Gasteiger partial charge in [0.2, 0.25) is 0 Å². The molecule has 0 aliphatic rings. The Kier molecular flexibility index (Phi) is 9.71. The molecular formula is C18H27NO4. The van der Waals surface area contributed by atoms with Crippen molar-refractivity contribution in [1.82, 2.24) is 4.90 Å². The molecule has 1 aromatic carbocycles. The highest BCUT2D eigenvalue weighted by Gasteiger charge is 2.12. The first-order chi connectivity index (χ1) is 11.2. The standard InChI is InChI=1S/C18H27NO4/c1-3-22-17(20)12-8-9-13-19(15-18(21)23-4-2)14-16-10-6-5-7-11-16/h5-7,10-11H,3-4,8-9,12-15H2,1-2H3. The molecule has 0 atom stereocenters. The normalized spacial score (nSPS) is 10.6. The van der Waals surface area contributed by atoms with Crippen molar-refractivity contribution in [3.63, 3.8) is 0 Å². The van der Waals surface area contributed by atoms with Crippen molar-refractivity contribution >= 4 is 11.9 Å². The third-order valence-corrected chi connectivity index (χ3v) is 3.32. The number of benzene rings is 1. The SMILES string of the molecule is CCOC(=O)CCCCN(CC(=O)OCC)Cc1ccccc1. The van der Waals surface area contributed by atoms with Gasteiger partial charge in [-0.05, 0) is 38.8 Å². The molecule has 0 fully saturated rings. The van der Waals surface area contributed by atoms with Crippen molar-refractivity contribution in [3.8, 4) is 0 Å². The fourth-order valence-corrected chi connectivity index (χ4v) is 2.28. The van der Waals surface area contributed by atoms with Crippen LogP contribution in [0.3, 0.4) is 0 Å². The molecule has 0 aliphatic carbocycles. The zero-order chi connectivity index (χ0) is 16.9. The van der Waals surface area contributed by atoms with E-state index in [1.54, 1.807) is 13.8 Å². The Balaban J connectivity index is 2.44. The first-order valence-electron chi connectivity index (χ1n) is 8.23. The molecule has 23 heavy (non-hydrogen) atoms. The summed E-state index contributed by atoms with van der Waals surface area (Å²) < 4.78 is 9.95. The molecule has 0 saturated carbocycles. The van der Waals surface area contributed by atoms with Gasteiger partial charge in [-0.25, -0.2) is 0 Å². The van der Waals surface area contributed by atoms with Crippen LogP contribution >= 0.6 is 0 Å². The average Bonchev–Trinajstić information content (AvgIpc) is 2.53. The maximum absolute atomic E-state index is 11.7. The van der Waals surface area contributed by atoms with E-state index in [9.17, 15) is 9.59 Å². The van der Waals surface area contributed by atoms with Gasteiger partial charge < -0.3 is 9.47 Å². The first-order valence-corrected chi connectivity index (χ1v) is 8.23. The van der Waals surface area contributed by atoms with Crippen LogP contribution in [0.2, 0.25) is 0 Å². The van der Waals surface area contributed by atoms with Crippen molar-refractivity contribution in [2.75, 3.05) is 26.3 Å². The largest absolute Gasteiger partial charge is 0.466 e. The fourth-order valence-electron chi connectivity index (χ4n) is 2.28. The van der Waals surface area contributed by atoms with Crippen LogP contribution < -0.4 is 0 Å². The summed E-state index contributed by atoms with van der Waals surface area (Å²) in [6, 6.07) is 10.0. The minimum atomic E-state index is -0.214. The lowest BCUT2D eigenvalue weighted by atomic mass is 10.2. The molecular weight excluding hydrogens is 294 g/mol. The maximum Gasteiger partial charge on any atom is 0.320 e. The van der Waals surface area contributed by atoms with Gasteiger partial charge in [0.1, 0.15) is 0 Å². The number of hydrogen-bond donors (Lipinski definition) is 0. The van der Waals surface area contributed by atoms with E-state index in [-0.39, 0.29) is 18.5 Å². The molecule has 5 nitrogen and oxygen atoms in total. The summed E-state index contributed by atoms with van der Waals surface area (Å²) >= 11 is 0. The monoisotopic (exact) mass is 321 g/mol. The van der Waals surface area contributed by atoms with E-state index in [4.69, 9.17) is 9.47 Å². The van der Waals surface area contributed by atoms with Crippen LogP contribution in [0.5, 0.6) is 0 Å². The Morgan fingerprint density at radius 2 is 1.61 bits per heavy atom. The predicted octanol–water partition coefficient (Wildman–Crippen LogP) is 2.79. The second-order valence-electron chi connectivity index (χ2n) is 5.26. The van der Waals surface area contributed by atoms with Crippen molar-refractivity contribution in [3.05, 3.63) is 35.9 Å². The molecule has 5 heteroatoms. The van der Waals surface area contributed by atoms with E-state index in [1.165, 1.54) is 0 Å². The molecule has 0 N–H and O–H groups in total. The second-order valence-corrected chi connectivity index (χ2v) is 5.26.